The van der Waals surface area contributed by atoms with E-state index < -0.39 is 0 Å². The van der Waals surface area contributed by atoms with Gasteiger partial charge in [0, 0.05) is 29.7 Å². The van der Waals surface area contributed by atoms with Crippen LogP contribution in [0.1, 0.15) is 35.0 Å². The third-order valence-corrected chi connectivity index (χ3v) is 5.41. The Labute approximate surface area is 175 Å². The Kier molecular flexibility index (Phi) is 6.17. The average Bonchev–Trinajstić information content (AvgIpc) is 2.71. The van der Waals surface area contributed by atoms with Crippen molar-refractivity contribution < 1.29 is 4.74 Å². The lowest BCUT2D eigenvalue weighted by molar-refractivity contribution is 0.392. The quantitative estimate of drug-likeness (QED) is 0.618. The minimum atomic E-state index is -0.155. The second kappa shape index (κ2) is 8.61. The van der Waals surface area contributed by atoms with E-state index in [1.807, 2.05) is 45.0 Å². The summed E-state index contributed by atoms with van der Waals surface area (Å²) in [5.41, 5.74) is 5.20. The number of pyridine rings is 3. The highest BCUT2D eigenvalue weighted by molar-refractivity contribution is 7.71. The molecule has 3 heterocycles. The Morgan fingerprint density at radius 2 is 1.93 bits per heavy atom. The lowest BCUT2D eigenvalue weighted by Gasteiger charge is -2.19. The molecule has 3 aromatic heterocycles. The number of nitrogens with zero attached hydrogens (tertiary/aromatic N) is 3. The predicted molar refractivity (Wildman–Crippen MR) is 118 cm³/mol. The van der Waals surface area contributed by atoms with Gasteiger partial charge >= 0.3 is 0 Å². The number of nitrogens with one attached hydrogen (secondary N) is 1. The molecule has 0 saturated heterocycles. The number of methoxy groups -OCH3 is 1. The van der Waals surface area contributed by atoms with Crippen LogP contribution in [0.3, 0.4) is 0 Å². The third-order valence-electron chi connectivity index (χ3n) is 5.09. The number of rotatable bonds is 6. The minimum Gasteiger partial charge on any atom is -0.481 e. The zero-order valence-electron chi connectivity index (χ0n) is 17.4. The van der Waals surface area contributed by atoms with Gasteiger partial charge in [0.25, 0.3) is 5.56 Å². The SMILES string of the molecule is CCc1cc(NCc2cc(C)c(C)nc2OC)c(=O)n(-n2ccccc2=S)c1C. The minimum absolute atomic E-state index is 0.155. The van der Waals surface area contributed by atoms with Crippen LogP contribution in [-0.4, -0.2) is 21.4 Å². The molecule has 0 saturated carbocycles. The highest BCUT2D eigenvalue weighted by atomic mass is 32.1. The molecular weight excluding hydrogens is 384 g/mol. The molecule has 0 aliphatic heterocycles. The van der Waals surface area contributed by atoms with Crippen molar-refractivity contribution in [3.8, 4) is 5.88 Å². The van der Waals surface area contributed by atoms with Gasteiger partial charge in [0.15, 0.2) is 0 Å². The molecule has 6 nitrogen and oxygen atoms in total. The first kappa shape index (κ1) is 20.8. The van der Waals surface area contributed by atoms with Gasteiger partial charge in [0.2, 0.25) is 5.88 Å². The van der Waals surface area contributed by atoms with E-state index in [0.29, 0.717) is 22.8 Å². The Morgan fingerprint density at radius 1 is 1.17 bits per heavy atom. The Bertz CT molecular complexity index is 1160. The second-order valence-electron chi connectivity index (χ2n) is 6.94. The first-order chi connectivity index (χ1) is 13.9. The van der Waals surface area contributed by atoms with Gasteiger partial charge in [-0.1, -0.05) is 25.2 Å². The first-order valence-corrected chi connectivity index (χ1v) is 9.97. The van der Waals surface area contributed by atoms with E-state index in [9.17, 15) is 4.79 Å². The summed E-state index contributed by atoms with van der Waals surface area (Å²) in [6.07, 6.45) is 2.60. The van der Waals surface area contributed by atoms with Crippen molar-refractivity contribution in [3.05, 3.63) is 79.6 Å². The monoisotopic (exact) mass is 410 g/mol. The van der Waals surface area contributed by atoms with Crippen LogP contribution in [0.4, 0.5) is 5.69 Å². The van der Waals surface area contributed by atoms with Crippen LogP contribution in [0.15, 0.2) is 41.3 Å². The molecule has 0 spiro atoms. The standard InChI is InChI=1S/C22H26N4O2S/c1-6-17-12-19(23-13-18-11-14(2)15(3)24-21(18)28-5)22(27)26(16(17)4)25-10-8-7-9-20(25)29/h7-12,23H,6,13H2,1-5H3. The van der Waals surface area contributed by atoms with Crippen LogP contribution in [0.2, 0.25) is 0 Å². The number of hydrogen-bond donors (Lipinski definition) is 1. The summed E-state index contributed by atoms with van der Waals surface area (Å²) in [6.45, 7) is 8.40. The Balaban J connectivity index is 2.07. The number of aryl methyl sites for hydroxylation is 3. The number of hydrogen-bond acceptors (Lipinski definition) is 5. The molecule has 7 heteroatoms. The molecule has 0 aliphatic rings. The van der Waals surface area contributed by atoms with E-state index in [4.69, 9.17) is 17.0 Å². The molecule has 3 aromatic rings. The van der Waals surface area contributed by atoms with Gasteiger partial charge in [-0.25, -0.2) is 14.3 Å². The third kappa shape index (κ3) is 4.10. The van der Waals surface area contributed by atoms with E-state index in [-0.39, 0.29) is 5.56 Å². The lowest BCUT2D eigenvalue weighted by atomic mass is 10.1. The average molecular weight is 411 g/mol. The normalized spacial score (nSPS) is 10.8. The maximum Gasteiger partial charge on any atom is 0.293 e. The van der Waals surface area contributed by atoms with Crippen molar-refractivity contribution in [1.29, 1.82) is 0 Å². The van der Waals surface area contributed by atoms with Crippen LogP contribution in [0.5, 0.6) is 5.88 Å². The molecule has 0 fully saturated rings. The number of aromatic nitrogens is 3. The van der Waals surface area contributed by atoms with Crippen molar-refractivity contribution >= 4 is 17.9 Å². The Morgan fingerprint density at radius 3 is 2.59 bits per heavy atom. The second-order valence-corrected chi connectivity index (χ2v) is 7.35. The van der Waals surface area contributed by atoms with Gasteiger partial charge in [-0.2, -0.15) is 0 Å². The van der Waals surface area contributed by atoms with E-state index in [1.165, 1.54) is 0 Å². The predicted octanol–water partition coefficient (Wildman–Crippen LogP) is 4.19. The van der Waals surface area contributed by atoms with E-state index in [2.05, 4.69) is 17.2 Å². The van der Waals surface area contributed by atoms with Crippen molar-refractivity contribution in [3.63, 3.8) is 0 Å². The van der Waals surface area contributed by atoms with E-state index in [0.717, 1.165) is 34.5 Å². The summed E-state index contributed by atoms with van der Waals surface area (Å²) in [4.78, 5) is 17.8. The molecule has 3 rings (SSSR count). The van der Waals surface area contributed by atoms with Gasteiger partial charge in [-0.05, 0) is 62.6 Å². The van der Waals surface area contributed by atoms with Crippen molar-refractivity contribution in [1.82, 2.24) is 14.3 Å². The highest BCUT2D eigenvalue weighted by Crippen LogP contribution is 2.21. The molecule has 1 N–H and O–H groups in total. The van der Waals surface area contributed by atoms with Gasteiger partial charge in [-0.3, -0.25) is 4.79 Å². The summed E-state index contributed by atoms with van der Waals surface area (Å²) < 4.78 is 9.32. The maximum atomic E-state index is 13.3. The topological polar surface area (TPSA) is 61.1 Å². The summed E-state index contributed by atoms with van der Waals surface area (Å²) in [5, 5.41) is 3.28. The van der Waals surface area contributed by atoms with E-state index in [1.54, 1.807) is 28.7 Å². The van der Waals surface area contributed by atoms with Crippen molar-refractivity contribution in [2.24, 2.45) is 0 Å². The first-order valence-electron chi connectivity index (χ1n) is 9.56. The molecule has 0 radical (unpaired) electrons. The zero-order valence-corrected chi connectivity index (χ0v) is 18.3. The molecule has 0 amide bonds. The molecule has 0 aliphatic carbocycles. The smallest absolute Gasteiger partial charge is 0.293 e. The van der Waals surface area contributed by atoms with Gasteiger partial charge in [0.05, 0.1) is 7.11 Å². The summed E-state index contributed by atoms with van der Waals surface area (Å²) in [7, 11) is 1.60. The largest absolute Gasteiger partial charge is 0.481 e. The van der Waals surface area contributed by atoms with Crippen LogP contribution in [0.25, 0.3) is 0 Å². The molecule has 0 aromatic carbocycles. The van der Waals surface area contributed by atoms with Crippen LogP contribution < -0.4 is 15.6 Å². The fourth-order valence-corrected chi connectivity index (χ4v) is 3.53. The molecule has 29 heavy (non-hydrogen) atoms. The highest BCUT2D eigenvalue weighted by Gasteiger charge is 2.14. The summed E-state index contributed by atoms with van der Waals surface area (Å²) in [5.74, 6) is 0.564. The van der Waals surface area contributed by atoms with Crippen molar-refractivity contribution in [2.75, 3.05) is 12.4 Å². The van der Waals surface area contributed by atoms with Gasteiger partial charge < -0.3 is 10.1 Å². The maximum absolute atomic E-state index is 13.3. The van der Waals surface area contributed by atoms with Gasteiger partial charge in [0.1, 0.15) is 10.3 Å². The molecule has 0 unspecified atom stereocenters. The van der Waals surface area contributed by atoms with Crippen LogP contribution in [-0.2, 0) is 13.0 Å². The van der Waals surface area contributed by atoms with Gasteiger partial charge in [-0.15, -0.1) is 0 Å². The van der Waals surface area contributed by atoms with Crippen LogP contribution in [0, 0.1) is 25.4 Å². The molecule has 0 atom stereocenters. The Hall–Kier alpha value is -2.93. The molecule has 0 bridgehead atoms. The fourth-order valence-electron chi connectivity index (χ4n) is 3.30. The fraction of sp³-hybridized carbons (Fsp3) is 0.318. The van der Waals surface area contributed by atoms with E-state index >= 15 is 0 Å². The summed E-state index contributed by atoms with van der Waals surface area (Å²) >= 11 is 5.43. The number of anilines is 1. The lowest BCUT2D eigenvalue weighted by Crippen LogP contribution is -2.31. The summed E-state index contributed by atoms with van der Waals surface area (Å²) in [6, 6.07) is 9.48. The van der Waals surface area contributed by atoms with Crippen molar-refractivity contribution in [2.45, 2.75) is 40.7 Å². The number of ether oxygens (including phenoxy) is 1. The van der Waals surface area contributed by atoms with Crippen LogP contribution >= 0.6 is 12.2 Å². The zero-order chi connectivity index (χ0) is 21.1. The molecule has 152 valence electrons. The molecular formula is C22H26N4O2S.